The molecule has 0 saturated heterocycles. The molecule has 6 rings (SSSR count). The minimum Gasteiger partial charge on any atom is -0.463 e. The lowest BCUT2D eigenvalue weighted by Gasteiger charge is -2.56. The van der Waals surface area contributed by atoms with E-state index in [4.69, 9.17) is 4.74 Å². The molecule has 1 atom stereocenters. The third kappa shape index (κ3) is 4.40. The van der Waals surface area contributed by atoms with Crippen molar-refractivity contribution in [2.75, 3.05) is 12.4 Å². The molecule has 5 aliphatic rings. The molecule has 0 spiro atoms. The van der Waals surface area contributed by atoms with Crippen LogP contribution in [0.4, 0.5) is 0 Å². The number of dihydropyridines is 1. The second-order valence-corrected chi connectivity index (χ2v) is 12.2. The first-order valence-electron chi connectivity index (χ1n) is 12.2. The monoisotopic (exact) mass is 497 g/mol. The number of carbonyl (C=O) groups is 2. The Morgan fingerprint density at radius 1 is 1.26 bits per heavy atom. The molecule has 1 amide bonds. The Morgan fingerprint density at radius 2 is 1.94 bits per heavy atom. The summed E-state index contributed by atoms with van der Waals surface area (Å²) < 4.78 is 5.31. The van der Waals surface area contributed by atoms with Gasteiger partial charge < -0.3 is 15.4 Å². The van der Waals surface area contributed by atoms with E-state index in [2.05, 4.69) is 16.7 Å². The van der Waals surface area contributed by atoms with Gasteiger partial charge in [0.15, 0.2) is 0 Å². The summed E-state index contributed by atoms with van der Waals surface area (Å²) in [7, 11) is 0. The smallest absolute Gasteiger partial charge is 0.336 e. The molecule has 6 nitrogen and oxygen atoms in total. The molecule has 1 unspecified atom stereocenters. The lowest BCUT2D eigenvalue weighted by molar-refractivity contribution is -0.138. The largest absolute Gasteiger partial charge is 0.463 e. The van der Waals surface area contributed by atoms with Crippen molar-refractivity contribution in [3.05, 3.63) is 44.3 Å². The zero-order chi connectivity index (χ0) is 23.9. The quantitative estimate of drug-likeness (QED) is 0.525. The first kappa shape index (κ1) is 23.5. The number of thioether (sulfide) groups is 1. The van der Waals surface area contributed by atoms with Crippen LogP contribution in [0.3, 0.4) is 0 Å². The summed E-state index contributed by atoms with van der Waals surface area (Å²) in [5, 5.41) is 19.3. The second-order valence-electron chi connectivity index (χ2n) is 10.2. The first-order chi connectivity index (χ1) is 16.4. The molecule has 34 heavy (non-hydrogen) atoms. The van der Waals surface area contributed by atoms with E-state index in [1.54, 1.807) is 6.92 Å². The SMILES string of the molecule is CCOC(=O)C1=C(C)NC(SCC(=O)NC23CC4CC(CC(C4)C2)C3)=C(C#N)C1c1cccs1. The average molecular weight is 498 g/mol. The average Bonchev–Trinajstić information content (AvgIpc) is 3.30. The Kier molecular flexibility index (Phi) is 6.51. The highest BCUT2D eigenvalue weighted by Crippen LogP contribution is 2.55. The van der Waals surface area contributed by atoms with Crippen LogP contribution in [0.25, 0.3) is 0 Å². The number of hydrogen-bond acceptors (Lipinski definition) is 7. The fraction of sp³-hybridized carbons (Fsp3) is 0.577. The van der Waals surface area contributed by atoms with E-state index in [1.807, 2.05) is 24.4 Å². The molecular formula is C26H31N3O3S2. The van der Waals surface area contributed by atoms with E-state index in [9.17, 15) is 14.9 Å². The van der Waals surface area contributed by atoms with Crippen molar-refractivity contribution < 1.29 is 14.3 Å². The van der Waals surface area contributed by atoms with Crippen LogP contribution in [0.2, 0.25) is 0 Å². The number of allylic oxidation sites excluding steroid dienone is 2. The van der Waals surface area contributed by atoms with Crippen LogP contribution < -0.4 is 10.6 Å². The van der Waals surface area contributed by atoms with Gasteiger partial charge in [0.05, 0.1) is 40.5 Å². The van der Waals surface area contributed by atoms with E-state index in [-0.39, 0.29) is 23.8 Å². The molecule has 2 N–H and O–H groups in total. The van der Waals surface area contributed by atoms with Gasteiger partial charge in [0.2, 0.25) is 5.91 Å². The highest BCUT2D eigenvalue weighted by Gasteiger charge is 2.51. The number of hydrogen-bond donors (Lipinski definition) is 2. The van der Waals surface area contributed by atoms with Crippen molar-refractivity contribution in [1.82, 2.24) is 10.6 Å². The lowest BCUT2D eigenvalue weighted by Crippen LogP contribution is -2.60. The summed E-state index contributed by atoms with van der Waals surface area (Å²) >= 11 is 2.86. The number of amides is 1. The second kappa shape index (κ2) is 9.43. The van der Waals surface area contributed by atoms with Gasteiger partial charge in [-0.2, -0.15) is 5.26 Å². The summed E-state index contributed by atoms with van der Waals surface area (Å²) in [5.74, 6) is 1.69. The maximum absolute atomic E-state index is 13.1. The fourth-order valence-electron chi connectivity index (χ4n) is 6.98. The summed E-state index contributed by atoms with van der Waals surface area (Å²) in [6.45, 7) is 3.87. The first-order valence-corrected chi connectivity index (χ1v) is 14.0. The summed E-state index contributed by atoms with van der Waals surface area (Å²) in [6.07, 6.45) is 7.36. The Balaban J connectivity index is 1.33. The standard InChI is InChI=1S/C26H31N3O3S2/c1-3-32-25(31)22-15(2)28-24(19(13-27)23(22)20-5-4-6-33-20)34-14-21(30)29-26-10-16-7-17(11-26)9-18(8-16)12-26/h4-6,16-18,23,28H,3,7-12,14H2,1-2H3,(H,29,30). The van der Waals surface area contributed by atoms with Crippen LogP contribution in [0.1, 0.15) is 63.2 Å². The van der Waals surface area contributed by atoms with Crippen LogP contribution in [-0.2, 0) is 14.3 Å². The van der Waals surface area contributed by atoms with Gasteiger partial charge in [0.1, 0.15) is 0 Å². The molecule has 4 fully saturated rings. The van der Waals surface area contributed by atoms with Gasteiger partial charge in [-0.3, -0.25) is 4.79 Å². The maximum atomic E-state index is 13.1. The molecule has 4 aliphatic carbocycles. The number of esters is 1. The molecule has 4 saturated carbocycles. The summed E-state index contributed by atoms with van der Waals surface area (Å²) in [6, 6.07) is 6.17. The zero-order valence-electron chi connectivity index (χ0n) is 19.7. The lowest BCUT2D eigenvalue weighted by atomic mass is 9.53. The van der Waals surface area contributed by atoms with Gasteiger partial charge in [0, 0.05) is 16.1 Å². The van der Waals surface area contributed by atoms with Crippen LogP contribution >= 0.6 is 23.1 Å². The molecule has 2 heterocycles. The molecule has 1 aromatic rings. The topological polar surface area (TPSA) is 91.2 Å². The number of nitrogens with one attached hydrogen (secondary N) is 2. The third-order valence-corrected chi connectivity index (χ3v) is 9.72. The molecule has 0 aromatic carbocycles. The molecule has 0 radical (unpaired) electrons. The number of thiophene rings is 1. The molecule has 1 aromatic heterocycles. The van der Waals surface area contributed by atoms with Gasteiger partial charge in [-0.25, -0.2) is 4.79 Å². The highest BCUT2D eigenvalue weighted by molar-refractivity contribution is 8.03. The molecule has 8 heteroatoms. The van der Waals surface area contributed by atoms with Crippen LogP contribution in [0.5, 0.6) is 0 Å². The van der Waals surface area contributed by atoms with Crippen molar-refractivity contribution in [2.24, 2.45) is 17.8 Å². The third-order valence-electron chi connectivity index (χ3n) is 7.76. The van der Waals surface area contributed by atoms with Crippen molar-refractivity contribution in [3.8, 4) is 6.07 Å². The van der Waals surface area contributed by atoms with Crippen molar-refractivity contribution >= 4 is 35.0 Å². The number of rotatable bonds is 7. The number of ether oxygens (including phenoxy) is 1. The van der Waals surface area contributed by atoms with E-state index in [0.717, 1.165) is 41.9 Å². The van der Waals surface area contributed by atoms with Crippen LogP contribution in [0.15, 0.2) is 39.4 Å². The summed E-state index contributed by atoms with van der Waals surface area (Å²) in [4.78, 5) is 26.8. The van der Waals surface area contributed by atoms with Crippen LogP contribution in [0, 0.1) is 29.1 Å². The van der Waals surface area contributed by atoms with Gasteiger partial charge in [-0.15, -0.1) is 11.3 Å². The molecule has 180 valence electrons. The predicted octanol–water partition coefficient (Wildman–Crippen LogP) is 4.83. The number of nitrogens with zero attached hydrogens (tertiary/aromatic N) is 1. The van der Waals surface area contributed by atoms with Crippen molar-refractivity contribution in [3.63, 3.8) is 0 Å². The highest BCUT2D eigenvalue weighted by atomic mass is 32.2. The number of carbonyl (C=O) groups excluding carboxylic acids is 2. The van der Waals surface area contributed by atoms with Crippen LogP contribution in [-0.4, -0.2) is 29.8 Å². The van der Waals surface area contributed by atoms with E-state index < -0.39 is 11.9 Å². The van der Waals surface area contributed by atoms with E-state index >= 15 is 0 Å². The van der Waals surface area contributed by atoms with Crippen molar-refractivity contribution in [2.45, 2.75) is 63.8 Å². The zero-order valence-corrected chi connectivity index (χ0v) is 21.3. The van der Waals surface area contributed by atoms with Gasteiger partial charge >= 0.3 is 5.97 Å². The summed E-state index contributed by atoms with van der Waals surface area (Å²) in [5.41, 5.74) is 1.57. The minimum absolute atomic E-state index is 0.0226. The molecular weight excluding hydrogens is 466 g/mol. The Bertz CT molecular complexity index is 1050. The fourth-order valence-corrected chi connectivity index (χ4v) is 8.71. The van der Waals surface area contributed by atoms with Gasteiger partial charge in [-0.1, -0.05) is 17.8 Å². The Labute approximate surface area is 209 Å². The predicted molar refractivity (Wildman–Crippen MR) is 134 cm³/mol. The minimum atomic E-state index is -0.487. The van der Waals surface area contributed by atoms with E-state index in [1.165, 1.54) is 42.4 Å². The Morgan fingerprint density at radius 3 is 2.50 bits per heavy atom. The molecule has 1 aliphatic heterocycles. The normalized spacial score (nSPS) is 31.8. The van der Waals surface area contributed by atoms with Crippen molar-refractivity contribution in [1.29, 1.82) is 5.26 Å². The molecule has 4 bridgehead atoms. The van der Waals surface area contributed by atoms with E-state index in [0.29, 0.717) is 21.9 Å². The van der Waals surface area contributed by atoms with Gasteiger partial charge in [-0.05, 0) is 81.6 Å². The van der Waals surface area contributed by atoms with Gasteiger partial charge in [0.25, 0.3) is 0 Å². The Hall–Kier alpha value is -2.24. The number of nitriles is 1. The maximum Gasteiger partial charge on any atom is 0.336 e.